The monoisotopic (exact) mass is 287 g/mol. The molecule has 1 aromatic heterocycles. The Morgan fingerprint density at radius 2 is 2.06 bits per heavy atom. The van der Waals surface area contributed by atoms with E-state index in [-0.39, 0.29) is 24.5 Å². The van der Waals surface area contributed by atoms with E-state index in [9.17, 15) is 0 Å². The summed E-state index contributed by atoms with van der Waals surface area (Å²) in [6, 6.07) is 5.97. The molecule has 0 atom stereocenters. The molecular weight excluding hydrogens is 267 g/mol. The molecule has 18 heavy (non-hydrogen) atoms. The minimum atomic E-state index is 0. The van der Waals surface area contributed by atoms with Gasteiger partial charge in [-0.05, 0) is 38.2 Å². The Bertz CT molecular complexity index is 480. The molecule has 0 aliphatic heterocycles. The van der Waals surface area contributed by atoms with Crippen LogP contribution in [0.1, 0.15) is 5.56 Å². The number of aromatic amines is 1. The standard InChI is InChI=1S/C13H17N2O.CH3.Mn/c1-15(2)8-7-10-9-14-11-5-4-6-12(16-3)13(10)11;;/h4-6,9,14H,3,7-8H2,1-2H3;1H3;/q2*-1;+2. The Morgan fingerprint density at radius 3 is 2.67 bits per heavy atom. The van der Waals surface area contributed by atoms with Crippen molar-refractivity contribution in [2.24, 2.45) is 0 Å². The molecule has 0 aliphatic carbocycles. The van der Waals surface area contributed by atoms with Gasteiger partial charge < -0.3 is 22.0 Å². The van der Waals surface area contributed by atoms with Crippen molar-refractivity contribution >= 4 is 10.9 Å². The van der Waals surface area contributed by atoms with Crippen LogP contribution in [0.3, 0.4) is 0 Å². The Kier molecular flexibility index (Phi) is 7.07. The number of rotatable bonds is 4. The van der Waals surface area contributed by atoms with Crippen LogP contribution in [-0.4, -0.2) is 30.5 Å². The molecule has 0 fully saturated rings. The summed E-state index contributed by atoms with van der Waals surface area (Å²) in [4.78, 5) is 5.43. The Balaban J connectivity index is 0.00000144. The van der Waals surface area contributed by atoms with Gasteiger partial charge in [0.05, 0.1) is 5.75 Å². The van der Waals surface area contributed by atoms with Crippen molar-refractivity contribution in [3.8, 4) is 5.75 Å². The van der Waals surface area contributed by atoms with Gasteiger partial charge in [0.25, 0.3) is 0 Å². The van der Waals surface area contributed by atoms with Gasteiger partial charge in [0.1, 0.15) is 0 Å². The van der Waals surface area contributed by atoms with Crippen molar-refractivity contribution in [1.29, 1.82) is 0 Å². The average molecular weight is 287 g/mol. The Morgan fingerprint density at radius 1 is 1.33 bits per heavy atom. The number of hydrogen-bond acceptors (Lipinski definition) is 2. The van der Waals surface area contributed by atoms with Crippen LogP contribution in [0.2, 0.25) is 0 Å². The van der Waals surface area contributed by atoms with Crippen LogP contribution in [0.25, 0.3) is 10.9 Å². The summed E-state index contributed by atoms with van der Waals surface area (Å²) < 4.78 is 5.15. The molecule has 0 spiro atoms. The molecule has 1 aromatic carbocycles. The number of nitrogens with one attached hydrogen (secondary N) is 1. The molecule has 0 amide bonds. The maximum Gasteiger partial charge on any atom is 2.00 e. The smallest absolute Gasteiger partial charge is 0.665 e. The Labute approximate surface area is 120 Å². The minimum absolute atomic E-state index is 0. The van der Waals surface area contributed by atoms with E-state index in [1.54, 1.807) is 0 Å². The summed E-state index contributed by atoms with van der Waals surface area (Å²) in [6.07, 6.45) is 3.06. The van der Waals surface area contributed by atoms with Crippen molar-refractivity contribution in [3.63, 3.8) is 0 Å². The van der Waals surface area contributed by atoms with Crippen molar-refractivity contribution in [2.45, 2.75) is 6.42 Å². The van der Waals surface area contributed by atoms with E-state index in [0.717, 1.165) is 29.6 Å². The molecule has 0 unspecified atom stereocenters. The number of ether oxygens (including phenoxy) is 1. The van der Waals surface area contributed by atoms with Gasteiger partial charge >= 0.3 is 17.1 Å². The van der Waals surface area contributed by atoms with Crippen molar-refractivity contribution in [2.75, 3.05) is 20.6 Å². The second-order valence-corrected chi connectivity index (χ2v) is 4.19. The summed E-state index contributed by atoms with van der Waals surface area (Å²) in [6.45, 7) is 1.03. The number of H-pyrrole nitrogens is 1. The van der Waals surface area contributed by atoms with E-state index in [0.29, 0.717) is 0 Å². The SMILES string of the molecule is [CH2-]Oc1cccc2[nH]cc(CCN(C)C)c12.[CH3-].[Mn+2]. The molecule has 1 heterocycles. The van der Waals surface area contributed by atoms with E-state index in [4.69, 9.17) is 4.74 Å². The van der Waals surface area contributed by atoms with Crippen molar-refractivity contribution in [1.82, 2.24) is 9.88 Å². The molecule has 0 aliphatic rings. The number of benzene rings is 1. The van der Waals surface area contributed by atoms with Gasteiger partial charge in [0.2, 0.25) is 0 Å². The van der Waals surface area contributed by atoms with Crippen LogP contribution in [0.5, 0.6) is 5.75 Å². The van der Waals surface area contributed by atoms with Gasteiger partial charge in [-0.25, -0.2) is 0 Å². The molecule has 1 radical (unpaired) electrons. The van der Waals surface area contributed by atoms with E-state index >= 15 is 0 Å². The van der Waals surface area contributed by atoms with E-state index in [1.165, 1.54) is 5.56 Å². The van der Waals surface area contributed by atoms with Crippen LogP contribution in [-0.2, 0) is 23.5 Å². The van der Waals surface area contributed by atoms with Crippen LogP contribution in [0.4, 0.5) is 0 Å². The first-order valence-corrected chi connectivity index (χ1v) is 5.38. The van der Waals surface area contributed by atoms with Crippen LogP contribution in [0, 0.1) is 14.5 Å². The fraction of sp³-hybridized carbons (Fsp3) is 0.286. The van der Waals surface area contributed by atoms with Crippen molar-refractivity contribution in [3.05, 3.63) is 44.5 Å². The predicted molar refractivity (Wildman–Crippen MR) is 73.0 cm³/mol. The van der Waals surface area contributed by atoms with Crippen LogP contribution in [0.15, 0.2) is 24.4 Å². The normalized spacial score (nSPS) is 10.0. The van der Waals surface area contributed by atoms with Gasteiger partial charge in [0.15, 0.2) is 0 Å². The summed E-state index contributed by atoms with van der Waals surface area (Å²) in [7, 11) is 7.65. The van der Waals surface area contributed by atoms with Gasteiger partial charge in [-0.3, -0.25) is 0 Å². The zero-order chi connectivity index (χ0) is 11.5. The molecule has 99 valence electrons. The fourth-order valence-corrected chi connectivity index (χ4v) is 1.88. The summed E-state index contributed by atoms with van der Waals surface area (Å²) in [5.41, 5.74) is 2.39. The molecule has 0 bridgehead atoms. The zero-order valence-corrected chi connectivity index (χ0v) is 12.3. The third-order valence-corrected chi connectivity index (χ3v) is 2.73. The van der Waals surface area contributed by atoms with Gasteiger partial charge in [-0.2, -0.15) is 7.11 Å². The summed E-state index contributed by atoms with van der Waals surface area (Å²) >= 11 is 0. The number of likely N-dealkylation sites (N-methyl/N-ethyl adjacent to an activating group) is 1. The third-order valence-electron chi connectivity index (χ3n) is 2.73. The number of fused-ring (bicyclic) bond motifs is 1. The van der Waals surface area contributed by atoms with E-state index in [1.807, 2.05) is 12.1 Å². The van der Waals surface area contributed by atoms with Crippen LogP contribution >= 0.6 is 0 Å². The van der Waals surface area contributed by atoms with Crippen LogP contribution < -0.4 is 4.74 Å². The van der Waals surface area contributed by atoms with E-state index in [2.05, 4.69) is 43.4 Å². The second kappa shape index (κ2) is 7.47. The molecule has 4 heteroatoms. The maximum atomic E-state index is 5.15. The zero-order valence-electron chi connectivity index (χ0n) is 11.2. The molecule has 0 saturated heterocycles. The topological polar surface area (TPSA) is 28.3 Å². The van der Waals surface area contributed by atoms with E-state index < -0.39 is 0 Å². The number of nitrogens with zero attached hydrogens (tertiary/aromatic N) is 1. The van der Waals surface area contributed by atoms with Gasteiger partial charge in [-0.15, -0.1) is 0 Å². The quantitative estimate of drug-likeness (QED) is 0.692. The predicted octanol–water partition coefficient (Wildman–Crippen LogP) is 2.89. The molecule has 0 saturated carbocycles. The fourth-order valence-electron chi connectivity index (χ4n) is 1.88. The molecule has 3 nitrogen and oxygen atoms in total. The third kappa shape index (κ3) is 3.52. The Hall–Kier alpha value is -0.961. The van der Waals surface area contributed by atoms with Gasteiger partial charge in [0, 0.05) is 23.6 Å². The number of hydrogen-bond donors (Lipinski definition) is 1. The molecule has 2 rings (SSSR count). The van der Waals surface area contributed by atoms with Gasteiger partial charge in [-0.1, -0.05) is 6.07 Å². The maximum absolute atomic E-state index is 5.15. The minimum Gasteiger partial charge on any atom is -0.665 e. The molecule has 1 N–H and O–H groups in total. The molecular formula is C14H20MnN2O. The first-order valence-electron chi connectivity index (χ1n) is 5.38. The first kappa shape index (κ1) is 17.0. The second-order valence-electron chi connectivity index (χ2n) is 4.19. The number of aromatic nitrogens is 1. The summed E-state index contributed by atoms with van der Waals surface area (Å²) in [5, 5.41) is 1.15. The first-order chi connectivity index (χ1) is 7.72. The molecule has 2 aromatic rings. The largest absolute Gasteiger partial charge is 2.00 e. The summed E-state index contributed by atoms with van der Waals surface area (Å²) in [5.74, 6) is 0.840. The van der Waals surface area contributed by atoms with Crippen molar-refractivity contribution < 1.29 is 21.8 Å². The average Bonchev–Trinajstić information content (AvgIpc) is 2.69.